The largest absolute Gasteiger partial charge is 0.431 e. The maximum absolute atomic E-state index is 12.5. The van der Waals surface area contributed by atoms with Crippen molar-refractivity contribution in [3.8, 4) is 0 Å². The number of nitrogens with one attached hydrogen (secondary N) is 1. The molecule has 3 nitrogen and oxygen atoms in total. The number of hydrogen-bond donors (Lipinski definition) is 2. The number of allylic oxidation sites excluding steroid dienone is 3. The summed E-state index contributed by atoms with van der Waals surface area (Å²) in [6.45, 7) is 0. The zero-order valence-corrected chi connectivity index (χ0v) is 7.68. The lowest BCUT2D eigenvalue weighted by Crippen LogP contribution is -2.41. The summed E-state index contributed by atoms with van der Waals surface area (Å²) in [7, 11) is 0. The molecule has 0 radical (unpaired) electrons. The molecule has 1 unspecified atom stereocenters. The van der Waals surface area contributed by atoms with E-state index in [4.69, 9.17) is 0 Å². The van der Waals surface area contributed by atoms with Crippen molar-refractivity contribution in [3.63, 3.8) is 0 Å². The van der Waals surface area contributed by atoms with Crippen molar-refractivity contribution >= 4 is 18.5 Å². The quantitative estimate of drug-likeness (QED) is 0.606. The first-order valence-corrected chi connectivity index (χ1v) is 4.28. The van der Waals surface area contributed by atoms with Gasteiger partial charge in [0.1, 0.15) is 5.70 Å². The Bertz CT molecular complexity index is 345. The Kier molecular flexibility index (Phi) is 1.99. The van der Waals surface area contributed by atoms with Crippen molar-refractivity contribution in [2.24, 2.45) is 5.10 Å². The number of nitrogens with zero attached hydrogens (tertiary/aromatic N) is 2. The van der Waals surface area contributed by atoms with Gasteiger partial charge in [-0.25, -0.2) is 0 Å². The third-order valence-corrected chi connectivity index (χ3v) is 2.18. The van der Waals surface area contributed by atoms with Crippen molar-refractivity contribution < 1.29 is 13.2 Å². The lowest BCUT2D eigenvalue weighted by Gasteiger charge is -2.28. The van der Waals surface area contributed by atoms with Gasteiger partial charge in [0.25, 0.3) is 0 Å². The molecule has 76 valence electrons. The van der Waals surface area contributed by atoms with Crippen LogP contribution in [0.3, 0.4) is 0 Å². The van der Waals surface area contributed by atoms with Gasteiger partial charge in [0, 0.05) is 0 Å². The summed E-state index contributed by atoms with van der Waals surface area (Å²) in [6, 6.07) is 0. The molecule has 0 saturated carbocycles. The van der Waals surface area contributed by atoms with E-state index in [0.717, 1.165) is 11.0 Å². The van der Waals surface area contributed by atoms with Gasteiger partial charge in [-0.1, -0.05) is 6.08 Å². The van der Waals surface area contributed by atoms with E-state index in [1.807, 2.05) is 0 Å². The van der Waals surface area contributed by atoms with E-state index in [-0.39, 0.29) is 5.84 Å². The number of alkyl halides is 3. The highest BCUT2D eigenvalue weighted by molar-refractivity contribution is 7.80. The highest BCUT2D eigenvalue weighted by Gasteiger charge is 2.43. The van der Waals surface area contributed by atoms with Crippen LogP contribution in [0.5, 0.6) is 0 Å². The van der Waals surface area contributed by atoms with Gasteiger partial charge < -0.3 is 0 Å². The number of amidine groups is 1. The summed E-state index contributed by atoms with van der Waals surface area (Å²) in [5.41, 5.74) is 0.928. The van der Waals surface area contributed by atoms with E-state index in [9.17, 15) is 13.2 Å². The Balaban J connectivity index is 2.38. The first-order chi connectivity index (χ1) is 6.50. The number of hydrogen-bond acceptors (Lipinski definition) is 4. The molecule has 0 aromatic rings. The molecule has 1 atom stereocenters. The average molecular weight is 221 g/mol. The van der Waals surface area contributed by atoms with E-state index >= 15 is 0 Å². The van der Waals surface area contributed by atoms with Gasteiger partial charge >= 0.3 is 6.18 Å². The second-order valence-corrected chi connectivity index (χ2v) is 3.24. The van der Waals surface area contributed by atoms with Crippen LogP contribution >= 0.6 is 12.6 Å². The second kappa shape index (κ2) is 2.94. The highest BCUT2D eigenvalue weighted by Crippen LogP contribution is 2.33. The molecule has 2 rings (SSSR count). The van der Waals surface area contributed by atoms with Crippen LogP contribution in [0.25, 0.3) is 0 Å². The molecular weight excluding hydrogens is 215 g/mol. The van der Waals surface area contributed by atoms with Crippen molar-refractivity contribution in [2.75, 3.05) is 0 Å². The molecule has 0 fully saturated rings. The van der Waals surface area contributed by atoms with Gasteiger partial charge in [-0.05, 0) is 12.2 Å². The number of halogens is 3. The predicted octanol–water partition coefficient (Wildman–Crippen LogP) is 1.43. The topological polar surface area (TPSA) is 27.6 Å². The van der Waals surface area contributed by atoms with Crippen LogP contribution in [-0.2, 0) is 0 Å². The standard InChI is InChI=1S/C7H6F3N3S/c8-7(9,10)4-2-1-3-5-11-12-6(14)13(4)5/h1-3,6,12,14H. The van der Waals surface area contributed by atoms with Gasteiger partial charge in [-0.15, -0.1) is 12.6 Å². The molecule has 7 heteroatoms. The maximum atomic E-state index is 12.5. The number of rotatable bonds is 0. The van der Waals surface area contributed by atoms with Crippen LogP contribution in [0.15, 0.2) is 29.0 Å². The van der Waals surface area contributed by atoms with Gasteiger partial charge in [-0.2, -0.15) is 18.3 Å². The van der Waals surface area contributed by atoms with E-state index in [2.05, 4.69) is 23.2 Å². The Morgan fingerprint density at radius 3 is 2.86 bits per heavy atom. The summed E-state index contributed by atoms with van der Waals surface area (Å²) in [6.07, 6.45) is -0.599. The summed E-state index contributed by atoms with van der Waals surface area (Å²) in [5, 5.41) is 3.69. The summed E-state index contributed by atoms with van der Waals surface area (Å²) >= 11 is 3.93. The summed E-state index contributed by atoms with van der Waals surface area (Å²) < 4.78 is 37.5. The summed E-state index contributed by atoms with van der Waals surface area (Å²) in [4.78, 5) is 0.989. The second-order valence-electron chi connectivity index (χ2n) is 2.75. The van der Waals surface area contributed by atoms with Crippen LogP contribution in [-0.4, -0.2) is 22.4 Å². The number of thiol groups is 1. The molecule has 0 bridgehead atoms. The molecule has 14 heavy (non-hydrogen) atoms. The molecule has 0 spiro atoms. The van der Waals surface area contributed by atoms with Gasteiger partial charge in [0.05, 0.1) is 0 Å². The average Bonchev–Trinajstić information content (AvgIpc) is 2.46. The molecule has 2 aliphatic rings. The molecule has 2 aliphatic heterocycles. The Labute approximate surface area is 83.4 Å². The zero-order valence-electron chi connectivity index (χ0n) is 6.78. The predicted molar refractivity (Wildman–Crippen MR) is 48.5 cm³/mol. The summed E-state index contributed by atoms with van der Waals surface area (Å²) in [5.74, 6) is 0.222. The van der Waals surface area contributed by atoms with E-state index < -0.39 is 17.4 Å². The Morgan fingerprint density at radius 1 is 1.50 bits per heavy atom. The molecule has 0 aromatic carbocycles. The third-order valence-electron chi connectivity index (χ3n) is 1.84. The molecule has 0 saturated heterocycles. The van der Waals surface area contributed by atoms with Crippen LogP contribution in [0.4, 0.5) is 13.2 Å². The Hall–Kier alpha value is -1.11. The van der Waals surface area contributed by atoms with Gasteiger partial charge in [0.15, 0.2) is 11.3 Å². The minimum absolute atomic E-state index is 0.222. The first-order valence-electron chi connectivity index (χ1n) is 3.76. The highest BCUT2D eigenvalue weighted by atomic mass is 32.1. The molecule has 0 aromatic heterocycles. The number of hydrazone groups is 1. The minimum atomic E-state index is -4.39. The monoisotopic (exact) mass is 221 g/mol. The lowest BCUT2D eigenvalue weighted by atomic mass is 10.2. The third kappa shape index (κ3) is 1.37. The van der Waals surface area contributed by atoms with Gasteiger partial charge in [-0.3, -0.25) is 10.3 Å². The Morgan fingerprint density at radius 2 is 2.21 bits per heavy atom. The van der Waals surface area contributed by atoms with Crippen molar-refractivity contribution in [2.45, 2.75) is 11.7 Å². The smallest absolute Gasteiger partial charge is 0.289 e. The van der Waals surface area contributed by atoms with Crippen LogP contribution in [0.2, 0.25) is 0 Å². The lowest BCUT2D eigenvalue weighted by molar-refractivity contribution is -0.106. The molecule has 1 N–H and O–H groups in total. The number of fused-ring (bicyclic) bond motifs is 1. The van der Waals surface area contributed by atoms with Crippen LogP contribution in [0.1, 0.15) is 0 Å². The molecule has 0 amide bonds. The van der Waals surface area contributed by atoms with E-state index in [1.54, 1.807) is 0 Å². The molecule has 0 aliphatic carbocycles. The van der Waals surface area contributed by atoms with E-state index in [0.29, 0.717) is 0 Å². The fourth-order valence-electron chi connectivity index (χ4n) is 1.27. The minimum Gasteiger partial charge on any atom is -0.289 e. The SMILES string of the molecule is FC(F)(F)C1=CC=CC2=NNC(S)N12. The fourth-order valence-corrected chi connectivity index (χ4v) is 1.57. The van der Waals surface area contributed by atoms with Crippen LogP contribution in [0, 0.1) is 0 Å². The molecular formula is C7H6F3N3S. The molecule has 2 heterocycles. The van der Waals surface area contributed by atoms with E-state index in [1.165, 1.54) is 12.2 Å². The zero-order chi connectivity index (χ0) is 10.3. The fraction of sp³-hybridized carbons (Fsp3) is 0.286. The van der Waals surface area contributed by atoms with Gasteiger partial charge in [0.2, 0.25) is 0 Å². The first kappa shape index (κ1) is 9.45. The van der Waals surface area contributed by atoms with Crippen molar-refractivity contribution in [1.82, 2.24) is 10.3 Å². The normalized spacial score (nSPS) is 25.4. The van der Waals surface area contributed by atoms with Crippen LogP contribution < -0.4 is 5.43 Å². The van der Waals surface area contributed by atoms with Crippen molar-refractivity contribution in [1.29, 1.82) is 0 Å². The van der Waals surface area contributed by atoms with Crippen molar-refractivity contribution in [3.05, 3.63) is 23.9 Å². The maximum Gasteiger partial charge on any atom is 0.431 e.